The van der Waals surface area contributed by atoms with Crippen molar-refractivity contribution in [2.75, 3.05) is 19.0 Å². The third kappa shape index (κ3) is 3.92. The van der Waals surface area contributed by atoms with Crippen molar-refractivity contribution in [2.45, 2.75) is 13.0 Å². The minimum Gasteiger partial charge on any atom is -0.506 e. The molecule has 0 radical (unpaired) electrons. The molecule has 0 bridgehead atoms. The Morgan fingerprint density at radius 1 is 1.24 bits per heavy atom. The number of benzene rings is 2. The number of anilines is 2. The number of nitrogens with zero attached hydrogens (tertiary/aromatic N) is 2. The summed E-state index contributed by atoms with van der Waals surface area (Å²) in [5.74, 6) is 1.34. The third-order valence-corrected chi connectivity index (χ3v) is 4.12. The third-order valence-electron chi connectivity index (χ3n) is 3.82. The fourth-order valence-corrected chi connectivity index (χ4v) is 2.49. The molecule has 6 nitrogen and oxygen atoms in total. The first-order valence-electron chi connectivity index (χ1n) is 7.88. The van der Waals surface area contributed by atoms with Gasteiger partial charge in [-0.25, -0.2) is 9.97 Å². The number of aromatic hydroxyl groups is 1. The number of likely N-dealkylation sites (N-methyl/N-ethyl adjacent to an activating group) is 1. The van der Waals surface area contributed by atoms with Crippen molar-refractivity contribution in [3.8, 4) is 11.5 Å². The Morgan fingerprint density at radius 2 is 2.08 bits per heavy atom. The predicted molar refractivity (Wildman–Crippen MR) is 100.0 cm³/mol. The molecule has 3 N–H and O–H groups in total. The molecule has 0 aliphatic rings. The zero-order valence-corrected chi connectivity index (χ0v) is 14.7. The first kappa shape index (κ1) is 17.3. The van der Waals surface area contributed by atoms with Crippen LogP contribution in [0.15, 0.2) is 42.7 Å². The molecule has 0 saturated carbocycles. The Morgan fingerprint density at radius 3 is 2.84 bits per heavy atom. The Hall–Kier alpha value is -2.57. The molecule has 0 saturated heterocycles. The topological polar surface area (TPSA) is 79.3 Å². The molecule has 25 heavy (non-hydrogen) atoms. The highest BCUT2D eigenvalue weighted by Gasteiger charge is 2.12. The van der Waals surface area contributed by atoms with Gasteiger partial charge in [-0.2, -0.15) is 0 Å². The standard InChI is InChI=1S/C18H19ClN4O2/c1-11(20-2)9-25-16-5-3-4-14-17(16)18(22-10-21-14)23-12-6-7-15(24)13(19)8-12/h3-8,10-11,20,24H,9H2,1-2H3,(H,21,22,23)/t11-/m0/s1. The molecule has 1 heterocycles. The van der Waals surface area contributed by atoms with E-state index in [0.29, 0.717) is 23.9 Å². The lowest BCUT2D eigenvalue weighted by Gasteiger charge is -2.15. The number of fused-ring (bicyclic) bond motifs is 1. The average Bonchev–Trinajstić information content (AvgIpc) is 2.62. The first-order chi connectivity index (χ1) is 12.1. The number of phenols is 1. The van der Waals surface area contributed by atoms with E-state index in [1.165, 1.54) is 12.4 Å². The number of hydrogen-bond donors (Lipinski definition) is 3. The van der Waals surface area contributed by atoms with E-state index in [1.807, 2.05) is 32.2 Å². The number of ether oxygens (including phenoxy) is 1. The molecule has 3 rings (SSSR count). The van der Waals surface area contributed by atoms with Gasteiger partial charge in [0.05, 0.1) is 15.9 Å². The lowest BCUT2D eigenvalue weighted by molar-refractivity contribution is 0.283. The van der Waals surface area contributed by atoms with Crippen LogP contribution in [0.4, 0.5) is 11.5 Å². The molecular formula is C18H19ClN4O2. The van der Waals surface area contributed by atoms with Crippen LogP contribution < -0.4 is 15.4 Å². The number of phenolic OH excluding ortho intramolecular Hbond substituents is 1. The van der Waals surface area contributed by atoms with Crippen molar-refractivity contribution < 1.29 is 9.84 Å². The number of aromatic nitrogens is 2. The molecule has 0 spiro atoms. The smallest absolute Gasteiger partial charge is 0.145 e. The molecule has 0 fully saturated rings. The van der Waals surface area contributed by atoms with Crippen LogP contribution in [0.3, 0.4) is 0 Å². The van der Waals surface area contributed by atoms with Crippen LogP contribution in [-0.4, -0.2) is 34.8 Å². The monoisotopic (exact) mass is 358 g/mol. The van der Waals surface area contributed by atoms with Crippen LogP contribution in [0.25, 0.3) is 10.9 Å². The minimum atomic E-state index is 0.0323. The second kappa shape index (κ2) is 7.55. The molecular weight excluding hydrogens is 340 g/mol. The van der Waals surface area contributed by atoms with E-state index in [0.717, 1.165) is 10.9 Å². The van der Waals surface area contributed by atoms with Crippen molar-refractivity contribution in [1.82, 2.24) is 15.3 Å². The molecule has 1 aromatic heterocycles. The number of halogens is 1. The Balaban J connectivity index is 1.98. The average molecular weight is 359 g/mol. The molecule has 3 aromatic rings. The van der Waals surface area contributed by atoms with Gasteiger partial charge < -0.3 is 20.5 Å². The Kier molecular flexibility index (Phi) is 5.21. The summed E-state index contributed by atoms with van der Waals surface area (Å²) < 4.78 is 5.94. The highest BCUT2D eigenvalue weighted by Crippen LogP contribution is 2.33. The summed E-state index contributed by atoms with van der Waals surface area (Å²) in [5.41, 5.74) is 1.48. The molecule has 0 amide bonds. The minimum absolute atomic E-state index is 0.0323. The number of nitrogens with one attached hydrogen (secondary N) is 2. The molecule has 2 aromatic carbocycles. The van der Waals surface area contributed by atoms with Gasteiger partial charge in [0.15, 0.2) is 0 Å². The van der Waals surface area contributed by atoms with Crippen LogP contribution in [0.1, 0.15) is 6.92 Å². The summed E-state index contributed by atoms with van der Waals surface area (Å²) in [6.45, 7) is 2.56. The van der Waals surface area contributed by atoms with Gasteiger partial charge in [0.25, 0.3) is 0 Å². The van der Waals surface area contributed by atoms with Crippen LogP contribution in [0.2, 0.25) is 5.02 Å². The molecule has 7 heteroatoms. The maximum atomic E-state index is 9.56. The van der Waals surface area contributed by atoms with Gasteiger partial charge in [0, 0.05) is 11.7 Å². The van der Waals surface area contributed by atoms with Crippen LogP contribution in [0.5, 0.6) is 11.5 Å². The van der Waals surface area contributed by atoms with E-state index in [-0.39, 0.29) is 16.8 Å². The second-order valence-electron chi connectivity index (χ2n) is 5.66. The highest BCUT2D eigenvalue weighted by atomic mass is 35.5. The van der Waals surface area contributed by atoms with Crippen molar-refractivity contribution in [3.05, 3.63) is 47.7 Å². The van der Waals surface area contributed by atoms with E-state index >= 15 is 0 Å². The van der Waals surface area contributed by atoms with Gasteiger partial charge in [0.2, 0.25) is 0 Å². The summed E-state index contributed by atoms with van der Waals surface area (Å²) in [4.78, 5) is 8.65. The van der Waals surface area contributed by atoms with Gasteiger partial charge in [-0.15, -0.1) is 0 Å². The van der Waals surface area contributed by atoms with Gasteiger partial charge in [-0.05, 0) is 44.3 Å². The molecule has 1 atom stereocenters. The summed E-state index contributed by atoms with van der Waals surface area (Å²) >= 11 is 5.98. The molecule has 130 valence electrons. The maximum absolute atomic E-state index is 9.56. The first-order valence-corrected chi connectivity index (χ1v) is 8.25. The maximum Gasteiger partial charge on any atom is 0.145 e. The van der Waals surface area contributed by atoms with Crippen molar-refractivity contribution in [2.24, 2.45) is 0 Å². The lowest BCUT2D eigenvalue weighted by atomic mass is 10.2. The summed E-state index contributed by atoms with van der Waals surface area (Å²) in [6.07, 6.45) is 1.49. The van der Waals surface area contributed by atoms with E-state index in [4.69, 9.17) is 16.3 Å². The molecule has 0 aliphatic carbocycles. The normalized spacial score (nSPS) is 12.1. The van der Waals surface area contributed by atoms with Crippen molar-refractivity contribution in [3.63, 3.8) is 0 Å². The van der Waals surface area contributed by atoms with Gasteiger partial charge >= 0.3 is 0 Å². The zero-order chi connectivity index (χ0) is 17.8. The quantitative estimate of drug-likeness (QED) is 0.583. The van der Waals surface area contributed by atoms with Gasteiger partial charge in [-0.1, -0.05) is 17.7 Å². The largest absolute Gasteiger partial charge is 0.506 e. The van der Waals surface area contributed by atoms with Gasteiger partial charge in [0.1, 0.15) is 30.3 Å². The van der Waals surface area contributed by atoms with Crippen molar-refractivity contribution >= 4 is 34.0 Å². The van der Waals surface area contributed by atoms with E-state index in [9.17, 15) is 5.11 Å². The second-order valence-corrected chi connectivity index (χ2v) is 6.07. The Labute approximate surface area is 150 Å². The summed E-state index contributed by atoms with van der Waals surface area (Å²) in [6, 6.07) is 10.8. The highest BCUT2D eigenvalue weighted by molar-refractivity contribution is 6.32. The number of hydrogen-bond acceptors (Lipinski definition) is 6. The predicted octanol–water partition coefficient (Wildman–Crippen LogP) is 3.72. The summed E-state index contributed by atoms with van der Waals surface area (Å²) in [7, 11) is 1.89. The SMILES string of the molecule is CN[C@@H](C)COc1cccc2ncnc(Nc3ccc(O)c(Cl)c3)c12. The lowest BCUT2D eigenvalue weighted by Crippen LogP contribution is -2.28. The number of rotatable bonds is 6. The molecule has 0 aliphatic heterocycles. The fraction of sp³-hybridized carbons (Fsp3) is 0.222. The van der Waals surface area contributed by atoms with E-state index in [2.05, 4.69) is 20.6 Å². The van der Waals surface area contributed by atoms with Crippen LogP contribution in [-0.2, 0) is 0 Å². The van der Waals surface area contributed by atoms with Crippen molar-refractivity contribution in [1.29, 1.82) is 0 Å². The fourth-order valence-electron chi connectivity index (χ4n) is 2.31. The summed E-state index contributed by atoms with van der Waals surface area (Å²) in [5, 5.41) is 17.0. The Bertz CT molecular complexity index is 883. The van der Waals surface area contributed by atoms with E-state index in [1.54, 1.807) is 12.1 Å². The van der Waals surface area contributed by atoms with Crippen LogP contribution >= 0.6 is 11.6 Å². The van der Waals surface area contributed by atoms with Gasteiger partial charge in [-0.3, -0.25) is 0 Å². The van der Waals surface area contributed by atoms with E-state index < -0.39 is 0 Å². The zero-order valence-electron chi connectivity index (χ0n) is 14.0. The molecule has 0 unspecified atom stereocenters. The van der Waals surface area contributed by atoms with Crippen LogP contribution in [0, 0.1) is 0 Å².